The normalized spacial score (nSPS) is 17.2. The SMILES string of the molecule is CCCCCNC(=O)c1ccc(N2CCCCS2(=O)=O)cc1. The number of carbonyl (C=O) groups is 1. The van der Waals surface area contributed by atoms with Gasteiger partial charge in [-0.25, -0.2) is 8.42 Å². The summed E-state index contributed by atoms with van der Waals surface area (Å²) in [6, 6.07) is 6.80. The fourth-order valence-electron chi connectivity index (χ4n) is 2.54. The Labute approximate surface area is 132 Å². The molecule has 5 nitrogen and oxygen atoms in total. The number of nitrogens with zero attached hydrogens (tertiary/aromatic N) is 1. The van der Waals surface area contributed by atoms with Gasteiger partial charge in [0, 0.05) is 18.7 Å². The Hall–Kier alpha value is -1.56. The standard InChI is InChI=1S/C16H24N2O3S/c1-2-3-4-11-17-16(19)14-7-9-15(10-8-14)18-12-5-6-13-22(18,20)21/h7-10H,2-6,11-13H2,1H3,(H,17,19). The summed E-state index contributed by atoms with van der Waals surface area (Å²) in [6.07, 6.45) is 4.79. The molecule has 1 amide bonds. The van der Waals surface area contributed by atoms with E-state index in [0.717, 1.165) is 32.1 Å². The molecule has 2 rings (SSSR count). The predicted octanol–water partition coefficient (Wildman–Crippen LogP) is 2.54. The Morgan fingerprint density at radius 2 is 1.91 bits per heavy atom. The number of benzene rings is 1. The van der Waals surface area contributed by atoms with E-state index in [1.54, 1.807) is 24.3 Å². The van der Waals surface area contributed by atoms with Crippen molar-refractivity contribution in [3.05, 3.63) is 29.8 Å². The van der Waals surface area contributed by atoms with Crippen LogP contribution in [0.4, 0.5) is 5.69 Å². The summed E-state index contributed by atoms with van der Waals surface area (Å²) >= 11 is 0. The number of nitrogens with one attached hydrogen (secondary N) is 1. The van der Waals surface area contributed by atoms with Crippen LogP contribution < -0.4 is 9.62 Å². The Bertz CT molecular complexity index is 596. The van der Waals surface area contributed by atoms with E-state index < -0.39 is 10.0 Å². The molecule has 1 fully saturated rings. The quantitative estimate of drug-likeness (QED) is 0.818. The fraction of sp³-hybridized carbons (Fsp3) is 0.562. The molecule has 1 aromatic rings. The maximum absolute atomic E-state index is 12.1. The lowest BCUT2D eigenvalue weighted by atomic mass is 10.2. The van der Waals surface area contributed by atoms with E-state index in [1.807, 2.05) is 0 Å². The van der Waals surface area contributed by atoms with E-state index in [4.69, 9.17) is 0 Å². The number of anilines is 1. The number of hydrogen-bond donors (Lipinski definition) is 1. The predicted molar refractivity (Wildman–Crippen MR) is 88.7 cm³/mol. The highest BCUT2D eigenvalue weighted by Crippen LogP contribution is 2.23. The molecule has 1 aromatic carbocycles. The first-order valence-electron chi connectivity index (χ1n) is 7.93. The molecule has 122 valence electrons. The average Bonchev–Trinajstić information content (AvgIpc) is 2.51. The summed E-state index contributed by atoms with van der Waals surface area (Å²) in [5.74, 6) is 0.0938. The molecular formula is C16H24N2O3S. The largest absolute Gasteiger partial charge is 0.352 e. The smallest absolute Gasteiger partial charge is 0.251 e. The minimum Gasteiger partial charge on any atom is -0.352 e. The summed E-state index contributed by atoms with van der Waals surface area (Å²) in [7, 11) is -3.20. The van der Waals surface area contributed by atoms with Gasteiger partial charge in [-0.05, 0) is 43.5 Å². The summed E-state index contributed by atoms with van der Waals surface area (Å²) in [5, 5.41) is 2.88. The van der Waals surface area contributed by atoms with Gasteiger partial charge in [0.15, 0.2) is 0 Å². The molecular weight excluding hydrogens is 300 g/mol. The van der Waals surface area contributed by atoms with Crippen molar-refractivity contribution in [2.24, 2.45) is 0 Å². The molecule has 0 radical (unpaired) electrons. The zero-order valence-electron chi connectivity index (χ0n) is 13.0. The van der Waals surface area contributed by atoms with E-state index in [9.17, 15) is 13.2 Å². The van der Waals surface area contributed by atoms with Crippen molar-refractivity contribution in [1.82, 2.24) is 5.32 Å². The van der Waals surface area contributed by atoms with Crippen molar-refractivity contribution in [3.8, 4) is 0 Å². The van der Waals surface area contributed by atoms with E-state index in [1.165, 1.54) is 4.31 Å². The van der Waals surface area contributed by atoms with Crippen LogP contribution in [0.5, 0.6) is 0 Å². The molecule has 0 spiro atoms. The van der Waals surface area contributed by atoms with Crippen LogP contribution in [0.15, 0.2) is 24.3 Å². The summed E-state index contributed by atoms with van der Waals surface area (Å²) in [5.41, 5.74) is 1.21. The van der Waals surface area contributed by atoms with Crippen molar-refractivity contribution in [2.75, 3.05) is 23.1 Å². The molecule has 0 saturated carbocycles. The van der Waals surface area contributed by atoms with Crippen molar-refractivity contribution >= 4 is 21.6 Å². The monoisotopic (exact) mass is 324 g/mol. The number of unbranched alkanes of at least 4 members (excludes halogenated alkanes) is 2. The van der Waals surface area contributed by atoms with Crippen LogP contribution in [0, 0.1) is 0 Å². The number of carbonyl (C=O) groups excluding carboxylic acids is 1. The highest BCUT2D eigenvalue weighted by molar-refractivity contribution is 7.92. The zero-order chi connectivity index (χ0) is 16.0. The van der Waals surface area contributed by atoms with Gasteiger partial charge in [0.2, 0.25) is 10.0 Å². The molecule has 22 heavy (non-hydrogen) atoms. The van der Waals surface area contributed by atoms with Crippen LogP contribution in [0.3, 0.4) is 0 Å². The van der Waals surface area contributed by atoms with Gasteiger partial charge < -0.3 is 5.32 Å². The Morgan fingerprint density at radius 3 is 2.55 bits per heavy atom. The average molecular weight is 324 g/mol. The summed E-state index contributed by atoms with van der Waals surface area (Å²) < 4.78 is 25.5. The Balaban J connectivity index is 1.99. The molecule has 0 atom stereocenters. The topological polar surface area (TPSA) is 66.5 Å². The van der Waals surface area contributed by atoms with Crippen LogP contribution in [0.1, 0.15) is 49.4 Å². The number of sulfonamides is 1. The molecule has 6 heteroatoms. The van der Waals surface area contributed by atoms with Gasteiger partial charge >= 0.3 is 0 Å². The molecule has 0 unspecified atom stereocenters. The molecule has 0 aliphatic carbocycles. The first kappa shape index (κ1) is 16.8. The van der Waals surface area contributed by atoms with E-state index in [-0.39, 0.29) is 11.7 Å². The van der Waals surface area contributed by atoms with Gasteiger partial charge in [-0.15, -0.1) is 0 Å². The van der Waals surface area contributed by atoms with Crippen LogP contribution in [-0.4, -0.2) is 33.2 Å². The number of amides is 1. The first-order chi connectivity index (χ1) is 10.5. The van der Waals surface area contributed by atoms with Crippen molar-refractivity contribution in [1.29, 1.82) is 0 Å². The number of rotatable bonds is 6. The van der Waals surface area contributed by atoms with Crippen molar-refractivity contribution in [2.45, 2.75) is 39.0 Å². The third-order valence-corrected chi connectivity index (χ3v) is 5.70. The molecule has 1 heterocycles. The lowest BCUT2D eigenvalue weighted by Crippen LogP contribution is -2.37. The van der Waals surface area contributed by atoms with Gasteiger partial charge in [0.25, 0.3) is 5.91 Å². The van der Waals surface area contributed by atoms with Crippen LogP contribution in [0.25, 0.3) is 0 Å². The zero-order valence-corrected chi connectivity index (χ0v) is 13.9. The van der Waals surface area contributed by atoms with Gasteiger partial charge in [-0.2, -0.15) is 0 Å². The molecule has 1 saturated heterocycles. The van der Waals surface area contributed by atoms with Crippen LogP contribution in [0.2, 0.25) is 0 Å². The Morgan fingerprint density at radius 1 is 1.18 bits per heavy atom. The highest BCUT2D eigenvalue weighted by atomic mass is 32.2. The maximum Gasteiger partial charge on any atom is 0.251 e. The first-order valence-corrected chi connectivity index (χ1v) is 9.54. The molecule has 1 aliphatic heterocycles. The fourth-order valence-corrected chi connectivity index (χ4v) is 4.18. The second-order valence-electron chi connectivity index (χ2n) is 5.61. The van der Waals surface area contributed by atoms with E-state index in [0.29, 0.717) is 24.3 Å². The number of hydrogen-bond acceptors (Lipinski definition) is 3. The van der Waals surface area contributed by atoms with E-state index in [2.05, 4.69) is 12.2 Å². The second kappa shape index (κ2) is 7.63. The van der Waals surface area contributed by atoms with E-state index >= 15 is 0 Å². The third-order valence-electron chi connectivity index (χ3n) is 3.83. The van der Waals surface area contributed by atoms with Crippen LogP contribution >= 0.6 is 0 Å². The van der Waals surface area contributed by atoms with Gasteiger partial charge in [-0.1, -0.05) is 19.8 Å². The molecule has 1 aliphatic rings. The second-order valence-corrected chi connectivity index (χ2v) is 7.62. The Kier molecular flexibility index (Phi) is 5.83. The van der Waals surface area contributed by atoms with Crippen molar-refractivity contribution in [3.63, 3.8) is 0 Å². The van der Waals surface area contributed by atoms with Crippen molar-refractivity contribution < 1.29 is 13.2 Å². The minimum atomic E-state index is -3.20. The highest BCUT2D eigenvalue weighted by Gasteiger charge is 2.25. The lowest BCUT2D eigenvalue weighted by Gasteiger charge is -2.28. The molecule has 0 bridgehead atoms. The third kappa shape index (κ3) is 4.22. The summed E-state index contributed by atoms with van der Waals surface area (Å²) in [4.78, 5) is 12.0. The van der Waals surface area contributed by atoms with Crippen LogP contribution in [-0.2, 0) is 10.0 Å². The van der Waals surface area contributed by atoms with Gasteiger partial charge in [0.1, 0.15) is 0 Å². The lowest BCUT2D eigenvalue weighted by molar-refractivity contribution is 0.0953. The minimum absolute atomic E-state index is 0.107. The van der Waals surface area contributed by atoms with Gasteiger partial charge in [0.05, 0.1) is 11.4 Å². The van der Waals surface area contributed by atoms with Gasteiger partial charge in [-0.3, -0.25) is 9.10 Å². The molecule has 0 aromatic heterocycles. The summed E-state index contributed by atoms with van der Waals surface area (Å²) in [6.45, 7) is 3.31. The molecule has 1 N–H and O–H groups in total. The maximum atomic E-state index is 12.1.